The minimum Gasteiger partial charge on any atom is -0.494 e. The van der Waals surface area contributed by atoms with Crippen LogP contribution in [0.4, 0.5) is 5.69 Å². The number of halogens is 1. The second-order valence-electron chi connectivity index (χ2n) is 6.06. The summed E-state index contributed by atoms with van der Waals surface area (Å²) in [6, 6.07) is 13.7. The van der Waals surface area contributed by atoms with Gasteiger partial charge in [-0.1, -0.05) is 35.4 Å². The minimum atomic E-state index is -0.502. The fraction of sp³-hybridized carbons (Fsp3) is 0.150. The van der Waals surface area contributed by atoms with Crippen LogP contribution in [-0.2, 0) is 0 Å². The fourth-order valence-corrected chi connectivity index (χ4v) is 2.71. The molecule has 0 bridgehead atoms. The van der Waals surface area contributed by atoms with Crippen LogP contribution in [0, 0.1) is 13.8 Å². The van der Waals surface area contributed by atoms with E-state index in [1.807, 2.05) is 26.0 Å². The van der Waals surface area contributed by atoms with Crippen LogP contribution in [0.5, 0.6) is 5.75 Å². The van der Waals surface area contributed by atoms with E-state index in [1.54, 1.807) is 30.3 Å². The number of methoxy groups -OCH3 is 1. The molecule has 0 unspecified atom stereocenters. The number of ether oxygens (including phenoxy) is 1. The molecule has 0 atom stereocenters. The third-order valence-electron chi connectivity index (χ3n) is 4.06. The Labute approximate surface area is 161 Å². The molecule has 6 nitrogen and oxygen atoms in total. The van der Waals surface area contributed by atoms with Crippen molar-refractivity contribution in [1.82, 2.24) is 9.78 Å². The van der Waals surface area contributed by atoms with E-state index in [4.69, 9.17) is 16.3 Å². The number of carbonyl (C=O) groups is 1. The molecule has 0 aliphatic heterocycles. The van der Waals surface area contributed by atoms with Crippen LogP contribution < -0.4 is 15.6 Å². The SMILES string of the molecule is COc1cc(=O)n(-c2ccc(C)cc2)nc1C(=O)Nc1cc(Cl)ccc1C. The van der Waals surface area contributed by atoms with E-state index in [0.29, 0.717) is 16.4 Å². The predicted octanol–water partition coefficient (Wildman–Crippen LogP) is 3.76. The van der Waals surface area contributed by atoms with Crippen LogP contribution in [0.3, 0.4) is 0 Å². The summed E-state index contributed by atoms with van der Waals surface area (Å²) in [6.07, 6.45) is 0. The second kappa shape index (κ2) is 7.63. The van der Waals surface area contributed by atoms with E-state index in [0.717, 1.165) is 11.1 Å². The van der Waals surface area contributed by atoms with Crippen molar-refractivity contribution >= 4 is 23.2 Å². The number of hydrogen-bond acceptors (Lipinski definition) is 4. The number of benzene rings is 2. The number of amides is 1. The molecule has 7 heteroatoms. The standard InChI is InChI=1S/C20H18ClN3O3/c1-12-4-8-15(9-5-12)24-18(25)11-17(27-3)19(23-24)20(26)22-16-10-14(21)7-6-13(16)2/h4-11H,1-3H3,(H,22,26). The highest BCUT2D eigenvalue weighted by Gasteiger charge is 2.19. The molecule has 0 fully saturated rings. The van der Waals surface area contributed by atoms with Gasteiger partial charge in [0.2, 0.25) is 0 Å². The highest BCUT2D eigenvalue weighted by molar-refractivity contribution is 6.31. The van der Waals surface area contributed by atoms with Crippen LogP contribution in [-0.4, -0.2) is 22.8 Å². The molecule has 0 saturated carbocycles. The lowest BCUT2D eigenvalue weighted by Crippen LogP contribution is -2.26. The highest BCUT2D eigenvalue weighted by Crippen LogP contribution is 2.22. The molecule has 1 N–H and O–H groups in total. The summed E-state index contributed by atoms with van der Waals surface area (Å²) in [7, 11) is 1.38. The van der Waals surface area contributed by atoms with E-state index in [9.17, 15) is 9.59 Å². The molecule has 1 heterocycles. The number of carbonyl (C=O) groups excluding carboxylic acids is 1. The molecule has 1 amide bonds. The molecule has 2 aromatic carbocycles. The third-order valence-corrected chi connectivity index (χ3v) is 4.29. The molecule has 27 heavy (non-hydrogen) atoms. The lowest BCUT2D eigenvalue weighted by Gasteiger charge is -2.13. The van der Waals surface area contributed by atoms with Crippen molar-refractivity contribution in [3.05, 3.63) is 80.7 Å². The van der Waals surface area contributed by atoms with Gasteiger partial charge in [0, 0.05) is 10.7 Å². The van der Waals surface area contributed by atoms with Crippen molar-refractivity contribution < 1.29 is 9.53 Å². The molecule has 1 aromatic heterocycles. The third kappa shape index (κ3) is 4.01. The number of aromatic nitrogens is 2. The largest absolute Gasteiger partial charge is 0.494 e. The number of rotatable bonds is 4. The van der Waals surface area contributed by atoms with Crippen LogP contribution in [0.15, 0.2) is 53.3 Å². The Morgan fingerprint density at radius 3 is 2.48 bits per heavy atom. The number of nitrogens with zero attached hydrogens (tertiary/aromatic N) is 2. The van der Waals surface area contributed by atoms with Crippen LogP contribution in [0.2, 0.25) is 5.02 Å². The Morgan fingerprint density at radius 2 is 1.81 bits per heavy atom. The predicted molar refractivity (Wildman–Crippen MR) is 105 cm³/mol. The first-order valence-electron chi connectivity index (χ1n) is 8.22. The maximum absolute atomic E-state index is 12.8. The summed E-state index contributed by atoms with van der Waals surface area (Å²) in [5, 5.41) is 7.49. The van der Waals surface area contributed by atoms with Gasteiger partial charge in [-0.05, 0) is 43.7 Å². The van der Waals surface area contributed by atoms with Gasteiger partial charge in [-0.15, -0.1) is 0 Å². The quantitative estimate of drug-likeness (QED) is 0.744. The minimum absolute atomic E-state index is 0.00273. The molecule has 0 saturated heterocycles. The highest BCUT2D eigenvalue weighted by atomic mass is 35.5. The van der Waals surface area contributed by atoms with Crippen molar-refractivity contribution in [2.75, 3.05) is 12.4 Å². The Balaban J connectivity index is 2.04. The Morgan fingerprint density at radius 1 is 1.11 bits per heavy atom. The lowest BCUT2D eigenvalue weighted by molar-refractivity contribution is 0.101. The molecule has 3 aromatic rings. The van der Waals surface area contributed by atoms with E-state index >= 15 is 0 Å². The first-order chi connectivity index (χ1) is 12.9. The number of anilines is 1. The van der Waals surface area contributed by atoms with Crippen molar-refractivity contribution in [3.63, 3.8) is 0 Å². The first-order valence-corrected chi connectivity index (χ1v) is 8.60. The molecular weight excluding hydrogens is 366 g/mol. The Kier molecular flexibility index (Phi) is 5.28. The molecule has 138 valence electrons. The van der Waals surface area contributed by atoms with Gasteiger partial charge < -0.3 is 10.1 Å². The van der Waals surface area contributed by atoms with Crippen LogP contribution in [0.1, 0.15) is 21.6 Å². The summed E-state index contributed by atoms with van der Waals surface area (Å²) < 4.78 is 6.35. The van der Waals surface area contributed by atoms with Gasteiger partial charge in [0.1, 0.15) is 0 Å². The average Bonchev–Trinajstić information content (AvgIpc) is 2.65. The second-order valence-corrected chi connectivity index (χ2v) is 6.50. The van der Waals surface area contributed by atoms with Crippen LogP contribution in [0.25, 0.3) is 5.69 Å². The summed E-state index contributed by atoms with van der Waals surface area (Å²) in [6.45, 7) is 3.80. The molecule has 0 radical (unpaired) electrons. The van der Waals surface area contributed by atoms with Crippen molar-refractivity contribution in [3.8, 4) is 11.4 Å². The van der Waals surface area contributed by atoms with Gasteiger partial charge in [0.25, 0.3) is 11.5 Å². The maximum atomic E-state index is 12.8. The first kappa shape index (κ1) is 18.7. The monoisotopic (exact) mass is 383 g/mol. The number of aryl methyl sites for hydroxylation is 2. The molecule has 3 rings (SSSR count). The zero-order valence-corrected chi connectivity index (χ0v) is 15.9. The summed E-state index contributed by atoms with van der Waals surface area (Å²) >= 11 is 6.01. The van der Waals surface area contributed by atoms with E-state index < -0.39 is 11.5 Å². The topological polar surface area (TPSA) is 73.2 Å². The van der Waals surface area contributed by atoms with Gasteiger partial charge >= 0.3 is 0 Å². The molecular formula is C20H18ClN3O3. The van der Waals surface area contributed by atoms with Gasteiger partial charge in [0.05, 0.1) is 18.9 Å². The van der Waals surface area contributed by atoms with Gasteiger partial charge in [0.15, 0.2) is 11.4 Å². The molecule has 0 aliphatic carbocycles. The Hall–Kier alpha value is -3.12. The van der Waals surface area contributed by atoms with Crippen molar-refractivity contribution in [2.24, 2.45) is 0 Å². The Bertz CT molecular complexity index is 1060. The zero-order chi connectivity index (χ0) is 19.6. The summed E-state index contributed by atoms with van der Waals surface area (Å²) in [4.78, 5) is 25.2. The summed E-state index contributed by atoms with van der Waals surface area (Å²) in [5.41, 5.74) is 2.61. The maximum Gasteiger partial charge on any atom is 0.280 e. The van der Waals surface area contributed by atoms with E-state index in [-0.39, 0.29) is 11.4 Å². The normalized spacial score (nSPS) is 10.5. The molecule has 0 aliphatic rings. The average molecular weight is 384 g/mol. The molecule has 0 spiro atoms. The number of hydrogen-bond donors (Lipinski definition) is 1. The zero-order valence-electron chi connectivity index (χ0n) is 15.1. The van der Waals surface area contributed by atoms with Gasteiger partial charge in [-0.25, -0.2) is 0 Å². The van der Waals surface area contributed by atoms with Gasteiger partial charge in [-0.3, -0.25) is 9.59 Å². The van der Waals surface area contributed by atoms with Crippen molar-refractivity contribution in [2.45, 2.75) is 13.8 Å². The fourth-order valence-electron chi connectivity index (χ4n) is 2.53. The summed E-state index contributed by atoms with van der Waals surface area (Å²) in [5.74, 6) is -0.404. The van der Waals surface area contributed by atoms with E-state index in [1.165, 1.54) is 17.9 Å². The van der Waals surface area contributed by atoms with Gasteiger partial charge in [-0.2, -0.15) is 9.78 Å². The smallest absolute Gasteiger partial charge is 0.280 e. The number of nitrogens with one attached hydrogen (secondary N) is 1. The van der Waals surface area contributed by atoms with E-state index in [2.05, 4.69) is 10.4 Å². The lowest BCUT2D eigenvalue weighted by atomic mass is 10.2. The van der Waals surface area contributed by atoms with Crippen molar-refractivity contribution in [1.29, 1.82) is 0 Å². The van der Waals surface area contributed by atoms with Crippen LogP contribution >= 0.6 is 11.6 Å².